The van der Waals surface area contributed by atoms with E-state index in [0.29, 0.717) is 11.7 Å². The monoisotopic (exact) mass is 290 g/mol. The van der Waals surface area contributed by atoms with Crippen molar-refractivity contribution in [2.45, 2.75) is 31.7 Å². The lowest BCUT2D eigenvalue weighted by Crippen LogP contribution is -2.40. The second kappa shape index (κ2) is 4.96. The molecule has 4 rings (SSSR count). The van der Waals surface area contributed by atoms with Crippen molar-refractivity contribution in [1.82, 2.24) is 5.43 Å². The second-order valence-electron chi connectivity index (χ2n) is 7.01. The number of hydrogen-bond donors (Lipinski definition) is 2. The first-order valence-corrected chi connectivity index (χ1v) is 8.01. The van der Waals surface area contributed by atoms with Gasteiger partial charge in [-0.05, 0) is 73.0 Å². The minimum atomic E-state index is -0.290. The Balaban J connectivity index is 1.47. The predicted octanol–water partition coefficient (Wildman–Crippen LogP) is 2.50. The van der Waals surface area contributed by atoms with Crippen LogP contribution in [0.15, 0.2) is 18.2 Å². The van der Waals surface area contributed by atoms with Gasteiger partial charge in [0.1, 0.15) is 0 Å². The summed E-state index contributed by atoms with van der Waals surface area (Å²) in [6.45, 7) is 0. The number of benzene rings is 1. The van der Waals surface area contributed by atoms with Gasteiger partial charge in [0.2, 0.25) is 0 Å². The maximum absolute atomic E-state index is 13.8. The van der Waals surface area contributed by atoms with Gasteiger partial charge < -0.3 is 4.74 Å². The Morgan fingerprint density at radius 2 is 2.05 bits per heavy atom. The van der Waals surface area contributed by atoms with Crippen LogP contribution in [0.4, 0.5) is 4.39 Å². The first-order valence-electron chi connectivity index (χ1n) is 8.01. The van der Waals surface area contributed by atoms with Gasteiger partial charge in [0.15, 0.2) is 11.6 Å². The van der Waals surface area contributed by atoms with E-state index in [1.54, 1.807) is 12.1 Å². The SMILES string of the molecule is COc1ccc(CC(NN)C2C3C4CCC(C4)C32)cc1F. The van der Waals surface area contributed by atoms with Crippen molar-refractivity contribution >= 4 is 0 Å². The third-order valence-corrected chi connectivity index (χ3v) is 6.15. The molecule has 3 nitrogen and oxygen atoms in total. The number of fused-ring (bicyclic) bond motifs is 5. The van der Waals surface area contributed by atoms with Crippen molar-refractivity contribution in [1.29, 1.82) is 0 Å². The molecule has 0 radical (unpaired) electrons. The summed E-state index contributed by atoms with van der Waals surface area (Å²) in [5.74, 6) is 10.2. The molecule has 4 heteroatoms. The molecule has 114 valence electrons. The highest BCUT2D eigenvalue weighted by atomic mass is 19.1. The largest absolute Gasteiger partial charge is 0.494 e. The lowest BCUT2D eigenvalue weighted by atomic mass is 9.93. The summed E-state index contributed by atoms with van der Waals surface area (Å²) in [6, 6.07) is 5.50. The molecule has 0 aliphatic heterocycles. The number of ether oxygens (including phenoxy) is 1. The molecule has 5 atom stereocenters. The molecule has 0 spiro atoms. The highest BCUT2D eigenvalue weighted by molar-refractivity contribution is 5.30. The summed E-state index contributed by atoms with van der Waals surface area (Å²) in [6.07, 6.45) is 5.07. The predicted molar refractivity (Wildman–Crippen MR) is 79.1 cm³/mol. The van der Waals surface area contributed by atoms with E-state index in [2.05, 4.69) is 5.43 Å². The van der Waals surface area contributed by atoms with Crippen LogP contribution < -0.4 is 16.0 Å². The van der Waals surface area contributed by atoms with Crippen LogP contribution in [0, 0.1) is 35.4 Å². The van der Waals surface area contributed by atoms with Crippen molar-refractivity contribution in [3.8, 4) is 5.75 Å². The Kier molecular flexibility index (Phi) is 3.19. The van der Waals surface area contributed by atoms with Crippen LogP contribution in [-0.2, 0) is 6.42 Å². The minimum Gasteiger partial charge on any atom is -0.494 e. The van der Waals surface area contributed by atoms with Crippen molar-refractivity contribution in [3.63, 3.8) is 0 Å². The number of methoxy groups -OCH3 is 1. The van der Waals surface area contributed by atoms with E-state index in [4.69, 9.17) is 10.6 Å². The Morgan fingerprint density at radius 1 is 1.33 bits per heavy atom. The van der Waals surface area contributed by atoms with Gasteiger partial charge in [-0.3, -0.25) is 11.3 Å². The van der Waals surface area contributed by atoms with Gasteiger partial charge in [-0.15, -0.1) is 0 Å². The zero-order valence-corrected chi connectivity index (χ0v) is 12.4. The molecule has 1 aromatic rings. The molecular formula is C17H23FN2O. The average Bonchev–Trinajstić information content (AvgIpc) is 2.91. The van der Waals surface area contributed by atoms with Crippen LogP contribution in [0.3, 0.4) is 0 Å². The normalized spacial score (nSPS) is 37.4. The van der Waals surface area contributed by atoms with E-state index in [1.165, 1.54) is 26.4 Å². The summed E-state index contributed by atoms with van der Waals surface area (Å²) < 4.78 is 18.8. The molecule has 5 unspecified atom stereocenters. The first-order chi connectivity index (χ1) is 10.2. The smallest absolute Gasteiger partial charge is 0.165 e. The van der Waals surface area contributed by atoms with Crippen LogP contribution >= 0.6 is 0 Å². The molecule has 21 heavy (non-hydrogen) atoms. The standard InChI is InChI=1S/C17H23FN2O/c1-21-14-5-2-9(6-12(14)18)7-13(20-19)17-15-10-3-4-11(8-10)16(15)17/h2,5-6,10-11,13,15-17,20H,3-4,7-8,19H2,1H3. The number of rotatable bonds is 5. The van der Waals surface area contributed by atoms with Gasteiger partial charge in [-0.2, -0.15) is 0 Å². The first kappa shape index (κ1) is 13.5. The van der Waals surface area contributed by atoms with Gasteiger partial charge in [0.05, 0.1) is 7.11 Å². The molecule has 3 N–H and O–H groups in total. The summed E-state index contributed by atoms with van der Waals surface area (Å²) in [4.78, 5) is 0. The van der Waals surface area contributed by atoms with Crippen LogP contribution in [0.25, 0.3) is 0 Å². The lowest BCUT2D eigenvalue weighted by Gasteiger charge is -2.20. The second-order valence-corrected chi connectivity index (χ2v) is 7.01. The van der Waals surface area contributed by atoms with Gasteiger partial charge in [-0.1, -0.05) is 6.07 Å². The lowest BCUT2D eigenvalue weighted by molar-refractivity contribution is 0.363. The Morgan fingerprint density at radius 3 is 2.62 bits per heavy atom. The zero-order chi connectivity index (χ0) is 14.6. The van der Waals surface area contributed by atoms with E-state index in [1.807, 2.05) is 6.07 Å². The number of nitrogens with two attached hydrogens (primary N) is 1. The van der Waals surface area contributed by atoms with E-state index in [9.17, 15) is 4.39 Å². The molecule has 0 heterocycles. The molecule has 3 aliphatic rings. The van der Waals surface area contributed by atoms with Crippen molar-refractivity contribution in [2.24, 2.45) is 35.4 Å². The molecule has 3 aliphatic carbocycles. The summed E-state index contributed by atoms with van der Waals surface area (Å²) in [5.41, 5.74) is 4.00. The summed E-state index contributed by atoms with van der Waals surface area (Å²) in [7, 11) is 1.49. The minimum absolute atomic E-state index is 0.274. The Labute approximate surface area is 125 Å². The molecule has 1 aromatic carbocycles. The van der Waals surface area contributed by atoms with Crippen LogP contribution in [0.1, 0.15) is 24.8 Å². The molecule has 0 saturated heterocycles. The maximum Gasteiger partial charge on any atom is 0.165 e. The Hall–Kier alpha value is -1.13. The van der Waals surface area contributed by atoms with Crippen LogP contribution in [0.5, 0.6) is 5.75 Å². The number of hydrogen-bond acceptors (Lipinski definition) is 3. The van der Waals surface area contributed by atoms with Crippen molar-refractivity contribution < 1.29 is 9.13 Å². The maximum atomic E-state index is 13.8. The summed E-state index contributed by atoms with van der Waals surface area (Å²) in [5, 5.41) is 0. The van der Waals surface area contributed by atoms with Crippen LogP contribution in [-0.4, -0.2) is 13.2 Å². The highest BCUT2D eigenvalue weighted by Crippen LogP contribution is 2.70. The van der Waals surface area contributed by atoms with Crippen LogP contribution in [0.2, 0.25) is 0 Å². The van der Waals surface area contributed by atoms with E-state index < -0.39 is 0 Å². The van der Waals surface area contributed by atoms with Gasteiger partial charge in [0, 0.05) is 6.04 Å². The molecule has 2 bridgehead atoms. The van der Waals surface area contributed by atoms with Crippen molar-refractivity contribution in [2.75, 3.05) is 7.11 Å². The van der Waals surface area contributed by atoms with Gasteiger partial charge in [0.25, 0.3) is 0 Å². The zero-order valence-electron chi connectivity index (χ0n) is 12.4. The number of nitrogens with one attached hydrogen (secondary N) is 1. The molecular weight excluding hydrogens is 267 g/mol. The Bertz CT molecular complexity index is 534. The van der Waals surface area contributed by atoms with E-state index >= 15 is 0 Å². The highest BCUT2D eigenvalue weighted by Gasteiger charge is 2.66. The third-order valence-electron chi connectivity index (χ3n) is 6.15. The molecule has 0 amide bonds. The number of halogens is 1. The quantitative estimate of drug-likeness (QED) is 0.647. The van der Waals surface area contributed by atoms with Crippen molar-refractivity contribution in [3.05, 3.63) is 29.6 Å². The van der Waals surface area contributed by atoms with Gasteiger partial charge >= 0.3 is 0 Å². The van der Waals surface area contributed by atoms with E-state index in [0.717, 1.165) is 35.7 Å². The average molecular weight is 290 g/mol. The van der Waals surface area contributed by atoms with E-state index in [-0.39, 0.29) is 11.9 Å². The number of hydrazine groups is 1. The topological polar surface area (TPSA) is 47.3 Å². The molecule has 3 saturated carbocycles. The fraction of sp³-hybridized carbons (Fsp3) is 0.647. The summed E-state index contributed by atoms with van der Waals surface area (Å²) >= 11 is 0. The fourth-order valence-electron chi connectivity index (χ4n) is 5.33. The molecule has 3 fully saturated rings. The third kappa shape index (κ3) is 2.08. The molecule has 0 aromatic heterocycles. The fourth-order valence-corrected chi connectivity index (χ4v) is 5.33. The van der Waals surface area contributed by atoms with Gasteiger partial charge in [-0.25, -0.2) is 4.39 Å².